The molecule has 0 saturated heterocycles. The number of nitrogens with one attached hydrogen (secondary N) is 1. The lowest BCUT2D eigenvalue weighted by Crippen LogP contribution is -2.43. The average molecular weight is 476 g/mol. The summed E-state index contributed by atoms with van der Waals surface area (Å²) >= 11 is 0. The SMILES string of the molecule is CC(=O)N1c2ccc(C#C[Si](C(C)C)(C(C)C)C(C)C)cc2C(Nc2ccc(C)cn2)CC1C. The van der Waals surface area contributed by atoms with E-state index in [1.807, 2.05) is 24.1 Å². The molecule has 1 aliphatic rings. The van der Waals surface area contributed by atoms with Gasteiger partial charge in [-0.2, -0.15) is 0 Å². The molecule has 2 atom stereocenters. The molecule has 1 aliphatic heterocycles. The highest BCUT2D eigenvalue weighted by molar-refractivity contribution is 6.90. The van der Waals surface area contributed by atoms with Crippen LogP contribution in [-0.4, -0.2) is 25.0 Å². The number of pyridine rings is 1. The number of benzene rings is 1. The first kappa shape index (κ1) is 26.0. The summed E-state index contributed by atoms with van der Waals surface area (Å²) in [5, 5.41) is 3.62. The zero-order valence-electron chi connectivity index (χ0n) is 22.4. The molecule has 182 valence electrons. The number of anilines is 2. The fraction of sp³-hybridized carbons (Fsp3) is 0.517. The molecule has 0 aliphatic carbocycles. The second-order valence-corrected chi connectivity index (χ2v) is 16.4. The molecule has 0 radical (unpaired) electrons. The molecule has 4 nitrogen and oxygen atoms in total. The Bertz CT molecular complexity index is 1060. The fourth-order valence-electron chi connectivity index (χ4n) is 5.90. The monoisotopic (exact) mass is 475 g/mol. The number of aryl methyl sites for hydroxylation is 1. The lowest BCUT2D eigenvalue weighted by molar-refractivity contribution is -0.117. The van der Waals surface area contributed by atoms with Gasteiger partial charge in [0.15, 0.2) is 0 Å². The molecule has 2 unspecified atom stereocenters. The highest BCUT2D eigenvalue weighted by Crippen LogP contribution is 2.42. The van der Waals surface area contributed by atoms with Gasteiger partial charge in [0, 0.05) is 30.4 Å². The van der Waals surface area contributed by atoms with Gasteiger partial charge in [0.05, 0.1) is 6.04 Å². The second kappa shape index (κ2) is 10.4. The molecule has 0 saturated carbocycles. The van der Waals surface area contributed by atoms with Crippen LogP contribution in [0.3, 0.4) is 0 Å². The number of aromatic nitrogens is 1. The molecule has 1 N–H and O–H groups in total. The number of hydrogen-bond acceptors (Lipinski definition) is 3. The van der Waals surface area contributed by atoms with Gasteiger partial charge < -0.3 is 10.2 Å². The van der Waals surface area contributed by atoms with Gasteiger partial charge in [0.1, 0.15) is 13.9 Å². The molecular formula is C29H41N3OSi. The van der Waals surface area contributed by atoms with Gasteiger partial charge in [-0.25, -0.2) is 4.98 Å². The molecule has 2 heterocycles. The van der Waals surface area contributed by atoms with Gasteiger partial charge in [-0.1, -0.05) is 53.5 Å². The van der Waals surface area contributed by atoms with E-state index < -0.39 is 8.07 Å². The van der Waals surface area contributed by atoms with E-state index in [9.17, 15) is 4.79 Å². The molecule has 0 fully saturated rings. The fourth-order valence-corrected chi connectivity index (χ4v) is 11.1. The van der Waals surface area contributed by atoms with Crippen molar-refractivity contribution < 1.29 is 4.79 Å². The van der Waals surface area contributed by atoms with E-state index in [1.165, 1.54) is 0 Å². The summed E-state index contributed by atoms with van der Waals surface area (Å²) in [6, 6.07) is 10.6. The number of carbonyl (C=O) groups excluding carboxylic acids is 1. The van der Waals surface area contributed by atoms with Crippen LogP contribution in [0.15, 0.2) is 36.5 Å². The quantitative estimate of drug-likeness (QED) is 0.366. The Kier molecular flexibility index (Phi) is 7.93. The van der Waals surface area contributed by atoms with Crippen LogP contribution in [0.5, 0.6) is 0 Å². The third kappa shape index (κ3) is 5.07. The van der Waals surface area contributed by atoms with Gasteiger partial charge in [-0.05, 0) is 72.3 Å². The van der Waals surface area contributed by atoms with Crippen LogP contribution < -0.4 is 10.2 Å². The molecular weight excluding hydrogens is 434 g/mol. The largest absolute Gasteiger partial charge is 0.363 e. The van der Waals surface area contributed by atoms with E-state index in [2.05, 4.69) is 94.5 Å². The van der Waals surface area contributed by atoms with Gasteiger partial charge >= 0.3 is 0 Å². The Labute approximate surface area is 207 Å². The van der Waals surface area contributed by atoms with Crippen LogP contribution >= 0.6 is 0 Å². The first-order valence-corrected chi connectivity index (χ1v) is 14.9. The van der Waals surface area contributed by atoms with E-state index in [-0.39, 0.29) is 18.0 Å². The topological polar surface area (TPSA) is 45.2 Å². The maximum atomic E-state index is 12.5. The highest BCUT2D eigenvalue weighted by atomic mass is 28.3. The molecule has 0 spiro atoms. The molecule has 2 aromatic rings. The van der Waals surface area contributed by atoms with Gasteiger partial charge in [-0.3, -0.25) is 4.79 Å². The summed E-state index contributed by atoms with van der Waals surface area (Å²) in [5.74, 6) is 4.52. The van der Waals surface area contributed by atoms with Crippen LogP contribution in [0.25, 0.3) is 0 Å². The van der Waals surface area contributed by atoms with Crippen LogP contribution in [0.4, 0.5) is 11.5 Å². The van der Waals surface area contributed by atoms with Crippen molar-refractivity contribution in [1.29, 1.82) is 0 Å². The van der Waals surface area contributed by atoms with E-state index in [4.69, 9.17) is 0 Å². The molecule has 1 aromatic carbocycles. The minimum atomic E-state index is -1.82. The Morgan fingerprint density at radius 3 is 2.26 bits per heavy atom. The minimum Gasteiger partial charge on any atom is -0.363 e. The van der Waals surface area contributed by atoms with E-state index >= 15 is 0 Å². The predicted molar refractivity (Wildman–Crippen MR) is 147 cm³/mol. The number of carbonyl (C=O) groups is 1. The summed E-state index contributed by atoms with van der Waals surface area (Å²) in [6.07, 6.45) is 2.70. The van der Waals surface area contributed by atoms with Crippen molar-refractivity contribution >= 4 is 25.5 Å². The Morgan fingerprint density at radius 2 is 1.74 bits per heavy atom. The summed E-state index contributed by atoms with van der Waals surface area (Å²) < 4.78 is 0. The highest BCUT2D eigenvalue weighted by Gasteiger charge is 2.41. The maximum absolute atomic E-state index is 12.5. The first-order chi connectivity index (χ1) is 16.0. The van der Waals surface area contributed by atoms with Crippen LogP contribution in [0.1, 0.15) is 84.5 Å². The minimum absolute atomic E-state index is 0.0693. The van der Waals surface area contributed by atoms with E-state index in [1.54, 1.807) is 6.92 Å². The molecule has 5 heteroatoms. The van der Waals surface area contributed by atoms with Crippen molar-refractivity contribution in [2.75, 3.05) is 10.2 Å². The lowest BCUT2D eigenvalue weighted by atomic mass is 9.90. The van der Waals surface area contributed by atoms with Crippen LogP contribution in [-0.2, 0) is 4.79 Å². The van der Waals surface area contributed by atoms with Crippen molar-refractivity contribution in [1.82, 2.24) is 4.98 Å². The van der Waals surface area contributed by atoms with E-state index in [0.717, 1.165) is 34.6 Å². The second-order valence-electron chi connectivity index (χ2n) is 10.8. The maximum Gasteiger partial charge on any atom is 0.224 e. The molecule has 1 aromatic heterocycles. The van der Waals surface area contributed by atoms with Crippen molar-refractivity contribution in [2.45, 2.75) is 97.4 Å². The summed E-state index contributed by atoms with van der Waals surface area (Å²) in [5.41, 5.74) is 9.87. The summed E-state index contributed by atoms with van der Waals surface area (Å²) in [4.78, 5) is 19.0. The molecule has 0 bridgehead atoms. The summed E-state index contributed by atoms with van der Waals surface area (Å²) in [6.45, 7) is 19.9. The van der Waals surface area contributed by atoms with Gasteiger partial charge in [-0.15, -0.1) is 5.54 Å². The zero-order chi connectivity index (χ0) is 25.2. The molecule has 34 heavy (non-hydrogen) atoms. The van der Waals surface area contributed by atoms with Crippen molar-refractivity contribution in [2.24, 2.45) is 0 Å². The molecule has 3 rings (SSSR count). The van der Waals surface area contributed by atoms with Crippen molar-refractivity contribution in [3.63, 3.8) is 0 Å². The first-order valence-electron chi connectivity index (χ1n) is 12.6. The number of amides is 1. The third-order valence-electron chi connectivity index (χ3n) is 7.54. The Morgan fingerprint density at radius 1 is 1.09 bits per heavy atom. The predicted octanol–water partition coefficient (Wildman–Crippen LogP) is 7.26. The number of nitrogens with zero attached hydrogens (tertiary/aromatic N) is 2. The summed E-state index contributed by atoms with van der Waals surface area (Å²) in [7, 11) is -1.82. The zero-order valence-corrected chi connectivity index (χ0v) is 23.4. The van der Waals surface area contributed by atoms with Gasteiger partial charge in [0.25, 0.3) is 0 Å². The Balaban J connectivity index is 2.07. The smallest absolute Gasteiger partial charge is 0.224 e. The average Bonchev–Trinajstić information content (AvgIpc) is 2.75. The number of rotatable bonds is 5. The lowest BCUT2D eigenvalue weighted by Gasteiger charge is -2.39. The van der Waals surface area contributed by atoms with Crippen molar-refractivity contribution in [3.05, 3.63) is 53.2 Å². The number of fused-ring (bicyclic) bond motifs is 1. The third-order valence-corrected chi connectivity index (χ3v) is 13.8. The van der Waals surface area contributed by atoms with E-state index in [0.29, 0.717) is 16.6 Å². The molecule has 1 amide bonds. The number of hydrogen-bond donors (Lipinski definition) is 1. The Hall–Kier alpha value is -2.58. The standard InChI is InChI=1S/C29H41N3OSi/c1-19(2)34(20(3)4,21(5)6)15-14-25-11-12-28-26(17-25)27(16-23(8)32(28)24(9)33)31-29-13-10-22(7)18-30-29/h10-13,17-21,23,27H,16H2,1-9H3,(H,30,31). The van der Waals surface area contributed by atoms with Crippen LogP contribution in [0.2, 0.25) is 16.6 Å². The van der Waals surface area contributed by atoms with Crippen molar-refractivity contribution in [3.8, 4) is 11.5 Å². The normalized spacial score (nSPS) is 18.1. The van der Waals surface area contributed by atoms with Gasteiger partial charge in [0.2, 0.25) is 5.91 Å². The van der Waals surface area contributed by atoms with Crippen LogP contribution in [0, 0.1) is 18.4 Å².